The van der Waals surface area contributed by atoms with E-state index in [2.05, 4.69) is 20.4 Å². The van der Waals surface area contributed by atoms with Crippen molar-refractivity contribution >= 4 is 33.6 Å². The predicted molar refractivity (Wildman–Crippen MR) is 72.7 cm³/mol. The topological polar surface area (TPSA) is 74.4 Å². The number of hydrogen-bond donors (Lipinski definition) is 2. The van der Waals surface area contributed by atoms with Gasteiger partial charge in [0.2, 0.25) is 5.43 Å². The summed E-state index contributed by atoms with van der Waals surface area (Å²) in [6.45, 7) is 0. The smallest absolute Gasteiger partial charge is 0.225 e. The maximum Gasteiger partial charge on any atom is 0.225 e. The molecule has 0 bridgehead atoms. The molecule has 0 radical (unpaired) electrons. The van der Waals surface area contributed by atoms with E-state index in [1.165, 1.54) is 0 Å². The number of aromatic nitrogens is 4. The van der Waals surface area contributed by atoms with Gasteiger partial charge in [0.15, 0.2) is 9.35 Å². The number of halogens is 1. The molecule has 2 aromatic heterocycles. The fourth-order valence-electron chi connectivity index (χ4n) is 1.71. The molecule has 0 saturated heterocycles. The number of nitrogens with one attached hydrogen (secondary N) is 2. The SMILES string of the molecule is O=c1c(I)n[nH]c2n[nH]c(-c3ccccc3)c12. The number of fused-ring (bicyclic) bond motifs is 1. The van der Waals surface area contributed by atoms with Crippen LogP contribution >= 0.6 is 22.6 Å². The van der Waals surface area contributed by atoms with E-state index < -0.39 is 0 Å². The summed E-state index contributed by atoms with van der Waals surface area (Å²) >= 11 is 1.91. The zero-order chi connectivity index (χ0) is 11.8. The molecule has 2 N–H and O–H groups in total. The second-order valence-electron chi connectivity index (χ2n) is 3.53. The van der Waals surface area contributed by atoms with Crippen molar-refractivity contribution in [2.24, 2.45) is 0 Å². The highest BCUT2D eigenvalue weighted by Crippen LogP contribution is 2.22. The van der Waals surface area contributed by atoms with E-state index >= 15 is 0 Å². The lowest BCUT2D eigenvalue weighted by Crippen LogP contribution is -2.09. The highest BCUT2D eigenvalue weighted by atomic mass is 127. The first kappa shape index (κ1) is 10.5. The Bertz CT molecular complexity index is 732. The van der Waals surface area contributed by atoms with Crippen molar-refractivity contribution in [3.8, 4) is 11.3 Å². The highest BCUT2D eigenvalue weighted by molar-refractivity contribution is 14.1. The van der Waals surface area contributed by atoms with Gasteiger partial charge in [-0.2, -0.15) is 10.2 Å². The van der Waals surface area contributed by atoms with Gasteiger partial charge in [-0.25, -0.2) is 0 Å². The van der Waals surface area contributed by atoms with Crippen molar-refractivity contribution in [2.75, 3.05) is 0 Å². The minimum Gasteiger partial charge on any atom is -0.286 e. The molecule has 0 amide bonds. The molecule has 5 nitrogen and oxygen atoms in total. The third-order valence-electron chi connectivity index (χ3n) is 2.50. The van der Waals surface area contributed by atoms with Crippen LogP contribution in [0.15, 0.2) is 35.1 Å². The van der Waals surface area contributed by atoms with E-state index in [1.54, 1.807) is 0 Å². The van der Waals surface area contributed by atoms with Crippen LogP contribution in [0.5, 0.6) is 0 Å². The standard InChI is InChI=1S/C11H7IN4O/c12-10-9(17)7-8(6-4-2-1-3-5-6)13-15-11(7)16-14-10/h1-5H,(H2,13,15,16,17). The first-order valence-electron chi connectivity index (χ1n) is 4.95. The molecule has 0 aliphatic carbocycles. The Hall–Kier alpha value is -1.70. The van der Waals surface area contributed by atoms with Gasteiger partial charge in [-0.3, -0.25) is 15.0 Å². The highest BCUT2D eigenvalue weighted by Gasteiger charge is 2.13. The summed E-state index contributed by atoms with van der Waals surface area (Å²) in [6.07, 6.45) is 0. The number of aromatic amines is 2. The van der Waals surface area contributed by atoms with Gasteiger partial charge in [0.05, 0.1) is 11.1 Å². The van der Waals surface area contributed by atoms with Gasteiger partial charge in [0.25, 0.3) is 0 Å². The average molecular weight is 338 g/mol. The molecule has 6 heteroatoms. The Morgan fingerprint density at radius 2 is 1.82 bits per heavy atom. The first-order chi connectivity index (χ1) is 8.27. The maximum atomic E-state index is 12.0. The fourth-order valence-corrected chi connectivity index (χ4v) is 2.10. The number of rotatable bonds is 1. The van der Waals surface area contributed by atoms with Crippen LogP contribution in [0, 0.1) is 3.70 Å². The molecule has 2 heterocycles. The molecule has 1 aromatic carbocycles. The van der Waals surface area contributed by atoms with Crippen molar-refractivity contribution in [3.63, 3.8) is 0 Å². The van der Waals surface area contributed by atoms with E-state index in [-0.39, 0.29) is 5.43 Å². The third-order valence-corrected chi connectivity index (χ3v) is 3.23. The number of H-pyrrole nitrogens is 2. The molecule has 84 valence electrons. The molecule has 0 unspecified atom stereocenters. The molecule has 0 spiro atoms. The van der Waals surface area contributed by atoms with Crippen LogP contribution in [0.3, 0.4) is 0 Å². The Morgan fingerprint density at radius 3 is 2.59 bits per heavy atom. The third kappa shape index (κ3) is 1.64. The molecule has 3 aromatic rings. The average Bonchev–Trinajstić information content (AvgIpc) is 2.79. The molecular formula is C11H7IN4O. The zero-order valence-electron chi connectivity index (χ0n) is 8.57. The Kier molecular flexibility index (Phi) is 2.43. The summed E-state index contributed by atoms with van der Waals surface area (Å²) in [6, 6.07) is 9.63. The van der Waals surface area contributed by atoms with Crippen molar-refractivity contribution in [3.05, 3.63) is 44.3 Å². The van der Waals surface area contributed by atoms with E-state index in [0.717, 1.165) is 11.3 Å². The van der Waals surface area contributed by atoms with Crippen molar-refractivity contribution < 1.29 is 0 Å². The van der Waals surface area contributed by atoms with Gasteiger partial charge in [0, 0.05) is 5.56 Å². The zero-order valence-corrected chi connectivity index (χ0v) is 10.7. The quantitative estimate of drug-likeness (QED) is 0.666. The lowest BCUT2D eigenvalue weighted by Gasteiger charge is -1.97. The summed E-state index contributed by atoms with van der Waals surface area (Å²) < 4.78 is 0.411. The van der Waals surface area contributed by atoms with Crippen molar-refractivity contribution in [1.29, 1.82) is 0 Å². The Balaban J connectivity index is 2.39. The summed E-state index contributed by atoms with van der Waals surface area (Å²) in [7, 11) is 0. The van der Waals surface area contributed by atoms with Crippen LogP contribution in [0.4, 0.5) is 0 Å². The molecular weight excluding hydrogens is 331 g/mol. The predicted octanol–water partition coefficient (Wildman–Crippen LogP) is 1.92. The minimum atomic E-state index is -0.105. The second-order valence-corrected chi connectivity index (χ2v) is 4.55. The summed E-state index contributed by atoms with van der Waals surface area (Å²) in [4.78, 5) is 12.0. The fraction of sp³-hybridized carbons (Fsp3) is 0. The van der Waals surface area contributed by atoms with Gasteiger partial charge in [0.1, 0.15) is 0 Å². The van der Waals surface area contributed by atoms with E-state index in [4.69, 9.17) is 0 Å². The van der Waals surface area contributed by atoms with Crippen LogP contribution in [0.1, 0.15) is 0 Å². The van der Waals surface area contributed by atoms with Crippen LogP contribution in [0.2, 0.25) is 0 Å². The van der Waals surface area contributed by atoms with Crippen LogP contribution < -0.4 is 5.43 Å². The number of nitrogens with zero attached hydrogens (tertiary/aromatic N) is 2. The molecule has 0 aliphatic rings. The lowest BCUT2D eigenvalue weighted by molar-refractivity contribution is 0.996. The van der Waals surface area contributed by atoms with Gasteiger partial charge in [-0.05, 0) is 22.6 Å². The summed E-state index contributed by atoms with van der Waals surface area (Å²) in [5.74, 6) is 0. The Labute approximate surface area is 109 Å². The largest absolute Gasteiger partial charge is 0.286 e. The Morgan fingerprint density at radius 1 is 1.06 bits per heavy atom. The molecule has 17 heavy (non-hydrogen) atoms. The normalized spacial score (nSPS) is 10.9. The van der Waals surface area contributed by atoms with Crippen LogP contribution in [0.25, 0.3) is 22.3 Å². The van der Waals surface area contributed by atoms with Crippen LogP contribution in [-0.2, 0) is 0 Å². The second kappa shape index (κ2) is 3.95. The van der Waals surface area contributed by atoms with Crippen molar-refractivity contribution in [1.82, 2.24) is 20.4 Å². The van der Waals surface area contributed by atoms with Crippen molar-refractivity contribution in [2.45, 2.75) is 0 Å². The number of benzene rings is 1. The van der Waals surface area contributed by atoms with Gasteiger partial charge >= 0.3 is 0 Å². The lowest BCUT2D eigenvalue weighted by atomic mass is 10.1. The summed E-state index contributed by atoms with van der Waals surface area (Å²) in [5.41, 5.74) is 2.03. The van der Waals surface area contributed by atoms with E-state index in [0.29, 0.717) is 14.7 Å². The molecule has 0 saturated carbocycles. The van der Waals surface area contributed by atoms with Gasteiger partial charge in [-0.1, -0.05) is 30.3 Å². The first-order valence-corrected chi connectivity index (χ1v) is 6.03. The molecule has 0 fully saturated rings. The number of hydrogen-bond acceptors (Lipinski definition) is 3. The summed E-state index contributed by atoms with van der Waals surface area (Å²) in [5, 5.41) is 14.1. The minimum absolute atomic E-state index is 0.105. The van der Waals surface area contributed by atoms with E-state index in [9.17, 15) is 4.79 Å². The molecule has 3 rings (SSSR count). The van der Waals surface area contributed by atoms with E-state index in [1.807, 2.05) is 52.9 Å². The maximum absolute atomic E-state index is 12.0. The van der Waals surface area contributed by atoms with Crippen LogP contribution in [-0.4, -0.2) is 20.4 Å². The molecule has 0 aliphatic heterocycles. The monoisotopic (exact) mass is 338 g/mol. The van der Waals surface area contributed by atoms with Gasteiger partial charge in [-0.15, -0.1) is 0 Å². The molecule has 0 atom stereocenters. The van der Waals surface area contributed by atoms with Gasteiger partial charge < -0.3 is 0 Å².